The Morgan fingerprint density at radius 3 is 2.64 bits per heavy atom. The maximum atomic E-state index is 14.6. The van der Waals surface area contributed by atoms with E-state index in [0.717, 1.165) is 5.56 Å². The average Bonchev–Trinajstić information content (AvgIpc) is 3.47. The summed E-state index contributed by atoms with van der Waals surface area (Å²) in [6, 6.07) is 8.65. The van der Waals surface area contributed by atoms with Crippen molar-refractivity contribution in [3.8, 4) is 17.0 Å². The highest BCUT2D eigenvalue weighted by Crippen LogP contribution is 2.36. The highest BCUT2D eigenvalue weighted by molar-refractivity contribution is 6.33. The predicted octanol–water partition coefficient (Wildman–Crippen LogP) is 3.50. The molecule has 0 aliphatic carbocycles. The third kappa shape index (κ3) is 5.56. The Morgan fingerprint density at radius 2 is 1.91 bits per heavy atom. The highest BCUT2D eigenvalue weighted by Gasteiger charge is 2.34. The molecular weight excluding hydrogens is 589 g/mol. The van der Waals surface area contributed by atoms with Crippen LogP contribution in [0.5, 0.6) is 5.75 Å². The number of benzene rings is 2. The molecule has 2 aliphatic heterocycles. The lowest BCUT2D eigenvalue weighted by Gasteiger charge is -2.38. The maximum Gasteiger partial charge on any atom is 0.254 e. The van der Waals surface area contributed by atoms with Gasteiger partial charge < -0.3 is 30.3 Å². The fraction of sp³-hybridized carbons (Fsp3) is 0.355. The Labute approximate surface area is 258 Å². The number of imidazole rings is 1. The minimum atomic E-state index is -0.681. The molecule has 3 N–H and O–H groups in total. The highest BCUT2D eigenvalue weighted by atomic mass is 35.5. The number of aliphatic hydroxyl groups excluding tert-OH is 1. The number of fused-ring (bicyclic) bond motifs is 1. The lowest BCUT2D eigenvalue weighted by Crippen LogP contribution is -2.55. The maximum absolute atomic E-state index is 14.6. The Morgan fingerprint density at radius 1 is 1.14 bits per heavy atom. The van der Waals surface area contributed by atoms with Crippen molar-refractivity contribution in [2.45, 2.75) is 19.4 Å². The van der Waals surface area contributed by atoms with Gasteiger partial charge in [0.05, 0.1) is 36.0 Å². The number of aliphatic hydroxyl groups is 1. The summed E-state index contributed by atoms with van der Waals surface area (Å²) in [6.45, 7) is 4.75. The van der Waals surface area contributed by atoms with Crippen LogP contribution in [0, 0.1) is 18.7 Å². The van der Waals surface area contributed by atoms with Crippen LogP contribution in [0.2, 0.25) is 5.02 Å². The molecule has 2 aliphatic rings. The van der Waals surface area contributed by atoms with E-state index in [1.54, 1.807) is 44.9 Å². The Balaban J connectivity index is 1.14. The first-order chi connectivity index (χ1) is 21.3. The number of anilines is 2. The van der Waals surface area contributed by atoms with Crippen molar-refractivity contribution in [3.63, 3.8) is 0 Å². The summed E-state index contributed by atoms with van der Waals surface area (Å²) in [7, 11) is 1.38. The summed E-state index contributed by atoms with van der Waals surface area (Å²) in [5.41, 5.74) is 3.64. The summed E-state index contributed by atoms with van der Waals surface area (Å²) >= 11 is 6.32. The van der Waals surface area contributed by atoms with E-state index in [1.807, 2.05) is 19.1 Å². The molecule has 4 heterocycles. The molecule has 6 rings (SSSR count). The number of amides is 2. The van der Waals surface area contributed by atoms with E-state index >= 15 is 0 Å². The number of halogens is 2. The standard InChI is InChI=1S/C31H33ClFN7O4/c1-18-15-19(3-4-20(18)30(42)38-11-13-39(14-12-38)31(43)22-7-8-34-17-24(22)41)37-28-29-36-16-23(40(29)10-9-35-28)21-5-6-25(44-2)27(33)26(21)32/h3-6,9-10,15-16,22,24,34,41H,7-8,11-14,17H2,1-2H3,(H,35,37)/t22-,24?/m0/s1. The topological polar surface area (TPSA) is 124 Å². The largest absolute Gasteiger partial charge is 0.494 e. The molecule has 0 bridgehead atoms. The van der Waals surface area contributed by atoms with E-state index < -0.39 is 17.8 Å². The molecule has 2 saturated heterocycles. The summed E-state index contributed by atoms with van der Waals surface area (Å²) in [4.78, 5) is 38.8. The summed E-state index contributed by atoms with van der Waals surface area (Å²) < 4.78 is 21.4. The quantitative estimate of drug-likeness (QED) is 0.299. The van der Waals surface area contributed by atoms with Crippen LogP contribution in [-0.4, -0.2) is 93.6 Å². The number of hydrogen-bond donors (Lipinski definition) is 3. The van der Waals surface area contributed by atoms with Gasteiger partial charge in [0.1, 0.15) is 0 Å². The van der Waals surface area contributed by atoms with Crippen molar-refractivity contribution < 1.29 is 23.8 Å². The van der Waals surface area contributed by atoms with Crippen molar-refractivity contribution in [1.82, 2.24) is 29.5 Å². The fourth-order valence-corrected chi connectivity index (χ4v) is 6.13. The van der Waals surface area contributed by atoms with Crippen LogP contribution in [0.1, 0.15) is 22.3 Å². The van der Waals surface area contributed by atoms with Crippen molar-refractivity contribution in [2.24, 2.45) is 5.92 Å². The van der Waals surface area contributed by atoms with E-state index in [0.29, 0.717) is 79.7 Å². The number of hydrogen-bond acceptors (Lipinski definition) is 8. The van der Waals surface area contributed by atoms with Gasteiger partial charge in [-0.05, 0) is 55.8 Å². The Hall–Kier alpha value is -4.26. The van der Waals surface area contributed by atoms with Gasteiger partial charge in [0.2, 0.25) is 5.91 Å². The van der Waals surface area contributed by atoms with E-state index in [4.69, 9.17) is 16.3 Å². The van der Waals surface area contributed by atoms with E-state index in [-0.39, 0.29) is 22.6 Å². The van der Waals surface area contributed by atoms with Crippen molar-refractivity contribution in [2.75, 3.05) is 51.7 Å². The fourth-order valence-electron chi connectivity index (χ4n) is 5.88. The van der Waals surface area contributed by atoms with Crippen LogP contribution in [0.4, 0.5) is 15.9 Å². The number of rotatable bonds is 6. The minimum Gasteiger partial charge on any atom is -0.494 e. The lowest BCUT2D eigenvalue weighted by atomic mass is 9.93. The van der Waals surface area contributed by atoms with Gasteiger partial charge in [-0.1, -0.05) is 11.6 Å². The number of carbonyl (C=O) groups is 2. The molecule has 2 amide bonds. The first-order valence-electron chi connectivity index (χ1n) is 14.5. The monoisotopic (exact) mass is 621 g/mol. The minimum absolute atomic E-state index is 0.0369. The molecule has 230 valence electrons. The zero-order valence-corrected chi connectivity index (χ0v) is 25.1. The molecule has 1 unspecified atom stereocenters. The molecular formula is C31H33ClFN7O4. The zero-order valence-electron chi connectivity index (χ0n) is 24.4. The zero-order chi connectivity index (χ0) is 31.0. The number of aryl methyl sites for hydroxylation is 1. The van der Waals surface area contributed by atoms with Gasteiger partial charge in [-0.2, -0.15) is 0 Å². The molecule has 0 saturated carbocycles. The lowest BCUT2D eigenvalue weighted by molar-refractivity contribution is -0.141. The molecule has 4 aromatic rings. The first-order valence-corrected chi connectivity index (χ1v) is 14.8. The second-order valence-electron chi connectivity index (χ2n) is 11.0. The number of β-amino-alcohol motifs (C(OH)–C–C–N with tert-alkyl or cyclic N) is 1. The number of nitrogens with one attached hydrogen (secondary N) is 2. The molecule has 13 heteroatoms. The Bertz CT molecular complexity index is 1720. The van der Waals surface area contributed by atoms with Crippen LogP contribution in [0.15, 0.2) is 48.9 Å². The second-order valence-corrected chi connectivity index (χ2v) is 11.4. The molecule has 0 spiro atoms. The molecule has 11 nitrogen and oxygen atoms in total. The van der Waals surface area contributed by atoms with Crippen LogP contribution >= 0.6 is 11.6 Å². The van der Waals surface area contributed by atoms with Crippen molar-refractivity contribution >= 4 is 40.6 Å². The summed E-state index contributed by atoms with van der Waals surface area (Å²) in [5.74, 6) is -0.638. The van der Waals surface area contributed by atoms with Gasteiger partial charge >= 0.3 is 0 Å². The molecule has 2 fully saturated rings. The number of piperazine rings is 1. The van der Waals surface area contributed by atoms with Gasteiger partial charge in [-0.25, -0.2) is 14.4 Å². The van der Waals surface area contributed by atoms with Crippen LogP contribution in [0.25, 0.3) is 16.9 Å². The molecule has 0 radical (unpaired) electrons. The van der Waals surface area contributed by atoms with Crippen molar-refractivity contribution in [1.29, 1.82) is 0 Å². The summed E-state index contributed by atoms with van der Waals surface area (Å²) in [5, 5.41) is 16.5. The third-order valence-corrected chi connectivity index (χ3v) is 8.71. The van der Waals surface area contributed by atoms with E-state index in [2.05, 4.69) is 20.6 Å². The van der Waals surface area contributed by atoms with Gasteiger partial charge in [0.15, 0.2) is 23.0 Å². The van der Waals surface area contributed by atoms with E-state index in [1.165, 1.54) is 13.2 Å². The molecule has 2 aromatic heterocycles. The number of piperidine rings is 1. The first kappa shape index (κ1) is 29.8. The van der Waals surface area contributed by atoms with Gasteiger partial charge in [-0.3, -0.25) is 14.0 Å². The van der Waals surface area contributed by atoms with Crippen LogP contribution < -0.4 is 15.4 Å². The number of aromatic nitrogens is 3. The number of methoxy groups -OCH3 is 1. The molecule has 44 heavy (non-hydrogen) atoms. The van der Waals surface area contributed by atoms with Gasteiger partial charge in [0, 0.05) is 61.9 Å². The number of ether oxygens (including phenoxy) is 1. The number of nitrogens with zero attached hydrogens (tertiary/aromatic N) is 5. The van der Waals surface area contributed by atoms with Gasteiger partial charge in [0.25, 0.3) is 5.91 Å². The second kappa shape index (κ2) is 12.4. The van der Waals surface area contributed by atoms with Crippen molar-refractivity contribution in [3.05, 3.63) is 70.9 Å². The number of carbonyl (C=O) groups excluding carboxylic acids is 2. The van der Waals surface area contributed by atoms with Crippen LogP contribution in [-0.2, 0) is 4.79 Å². The Kier molecular flexibility index (Phi) is 8.39. The average molecular weight is 622 g/mol. The normalized spacial score (nSPS) is 18.8. The van der Waals surface area contributed by atoms with E-state index in [9.17, 15) is 19.1 Å². The third-order valence-electron chi connectivity index (χ3n) is 8.34. The van der Waals surface area contributed by atoms with Gasteiger partial charge in [-0.15, -0.1) is 0 Å². The smallest absolute Gasteiger partial charge is 0.254 e. The summed E-state index contributed by atoms with van der Waals surface area (Å²) in [6.07, 6.45) is 4.86. The SMILES string of the molecule is COc1ccc(-c2cnc3c(Nc4ccc(C(=O)N5CCN(C(=O)[C@H]6CCNCC6O)CC5)c(C)c4)nccn23)c(Cl)c1F. The molecule has 2 atom stereocenters. The van der Waals surface area contributed by atoms with Crippen LogP contribution in [0.3, 0.4) is 0 Å². The predicted molar refractivity (Wildman–Crippen MR) is 164 cm³/mol. The molecule has 2 aromatic carbocycles.